The molecule has 0 aliphatic carbocycles. The zero-order valence-electron chi connectivity index (χ0n) is 9.87. The van der Waals surface area contributed by atoms with Crippen molar-refractivity contribution in [2.75, 3.05) is 0 Å². The molecule has 0 aliphatic rings. The van der Waals surface area contributed by atoms with Gasteiger partial charge in [0.05, 0.1) is 9.21 Å². The number of furan rings is 1. The maximum Gasteiger partial charge on any atom is 0.238 e. The molecule has 0 aliphatic heterocycles. The Bertz CT molecular complexity index is 786. The molecule has 3 aromatic rings. The van der Waals surface area contributed by atoms with Gasteiger partial charge in [-0.3, -0.25) is 4.79 Å². The molecule has 96 valence electrons. The van der Waals surface area contributed by atoms with E-state index in [0.717, 1.165) is 10.9 Å². The van der Waals surface area contributed by atoms with Crippen molar-refractivity contribution >= 4 is 51.3 Å². The molecule has 0 spiro atoms. The van der Waals surface area contributed by atoms with Gasteiger partial charge in [0.1, 0.15) is 5.58 Å². The summed E-state index contributed by atoms with van der Waals surface area (Å²) < 4.78 is 6.22. The van der Waals surface area contributed by atoms with Crippen molar-refractivity contribution in [2.24, 2.45) is 0 Å². The molecule has 5 heteroatoms. The number of aryl methyl sites for hydroxylation is 1. The van der Waals surface area contributed by atoms with Crippen LogP contribution in [0.2, 0.25) is 9.36 Å². The van der Waals surface area contributed by atoms with Crippen LogP contribution >= 0.6 is 34.5 Å². The summed E-state index contributed by atoms with van der Waals surface area (Å²) in [6.45, 7) is 1.85. The van der Waals surface area contributed by atoms with Gasteiger partial charge in [0, 0.05) is 16.0 Å². The summed E-state index contributed by atoms with van der Waals surface area (Å²) in [7, 11) is 0. The number of carbonyl (C=O) groups is 1. The molecule has 0 radical (unpaired) electrons. The topological polar surface area (TPSA) is 30.2 Å². The van der Waals surface area contributed by atoms with E-state index in [1.807, 2.05) is 6.92 Å². The Morgan fingerprint density at radius 1 is 1.21 bits per heavy atom. The highest BCUT2D eigenvalue weighted by molar-refractivity contribution is 7.18. The summed E-state index contributed by atoms with van der Waals surface area (Å²) in [4.78, 5) is 12.9. The van der Waals surface area contributed by atoms with E-state index in [-0.39, 0.29) is 5.78 Å². The minimum atomic E-state index is -0.151. The van der Waals surface area contributed by atoms with Gasteiger partial charge < -0.3 is 4.42 Å². The first-order valence-corrected chi connectivity index (χ1v) is 7.12. The maximum absolute atomic E-state index is 12.4. The molecule has 0 N–H and O–H groups in total. The van der Waals surface area contributed by atoms with Crippen LogP contribution in [0.25, 0.3) is 11.0 Å². The summed E-state index contributed by atoms with van der Waals surface area (Å²) in [6.07, 6.45) is 0. The number of benzene rings is 1. The summed E-state index contributed by atoms with van der Waals surface area (Å²) in [6, 6.07) is 8.71. The highest BCUT2D eigenvalue weighted by Gasteiger charge is 2.20. The van der Waals surface area contributed by atoms with Crippen molar-refractivity contribution in [3.05, 3.63) is 55.9 Å². The first-order valence-electron chi connectivity index (χ1n) is 5.55. The van der Waals surface area contributed by atoms with Gasteiger partial charge in [0.2, 0.25) is 5.78 Å². The fraction of sp³-hybridized carbons (Fsp3) is 0.0714. The Balaban J connectivity index is 2.15. The minimum Gasteiger partial charge on any atom is -0.452 e. The van der Waals surface area contributed by atoms with E-state index in [2.05, 4.69) is 0 Å². The van der Waals surface area contributed by atoms with Crippen molar-refractivity contribution in [1.82, 2.24) is 0 Å². The quantitative estimate of drug-likeness (QED) is 0.598. The molecule has 0 atom stereocenters. The number of ketones is 1. The van der Waals surface area contributed by atoms with E-state index in [1.54, 1.807) is 30.3 Å². The van der Waals surface area contributed by atoms with E-state index >= 15 is 0 Å². The summed E-state index contributed by atoms with van der Waals surface area (Å²) in [5.41, 5.74) is 1.46. The third kappa shape index (κ3) is 2.18. The van der Waals surface area contributed by atoms with Gasteiger partial charge in [-0.15, -0.1) is 11.3 Å². The van der Waals surface area contributed by atoms with E-state index < -0.39 is 0 Å². The lowest BCUT2D eigenvalue weighted by molar-refractivity contribution is 0.101. The van der Waals surface area contributed by atoms with E-state index in [0.29, 0.717) is 25.6 Å². The van der Waals surface area contributed by atoms with Gasteiger partial charge in [0.15, 0.2) is 5.76 Å². The summed E-state index contributed by atoms with van der Waals surface area (Å²) >= 11 is 13.0. The van der Waals surface area contributed by atoms with Gasteiger partial charge in [-0.25, -0.2) is 0 Å². The number of halogens is 2. The van der Waals surface area contributed by atoms with Gasteiger partial charge >= 0.3 is 0 Å². The number of hydrogen-bond donors (Lipinski definition) is 0. The lowest BCUT2D eigenvalue weighted by Gasteiger charge is -1.94. The van der Waals surface area contributed by atoms with E-state index in [1.165, 1.54) is 11.3 Å². The Labute approximate surface area is 123 Å². The fourth-order valence-electron chi connectivity index (χ4n) is 1.96. The van der Waals surface area contributed by atoms with Crippen LogP contribution in [0.3, 0.4) is 0 Å². The summed E-state index contributed by atoms with van der Waals surface area (Å²) in [5.74, 6) is 0.192. The smallest absolute Gasteiger partial charge is 0.238 e. The highest BCUT2D eigenvalue weighted by Crippen LogP contribution is 2.31. The normalized spacial score (nSPS) is 11.1. The molecule has 0 unspecified atom stereocenters. The molecule has 3 rings (SSSR count). The summed E-state index contributed by atoms with van der Waals surface area (Å²) in [5, 5.41) is 1.48. The van der Waals surface area contributed by atoms with Crippen LogP contribution in [-0.4, -0.2) is 5.78 Å². The van der Waals surface area contributed by atoms with Gasteiger partial charge in [0.25, 0.3) is 0 Å². The van der Waals surface area contributed by atoms with E-state index in [9.17, 15) is 4.79 Å². The fourth-order valence-corrected chi connectivity index (χ4v) is 3.11. The Morgan fingerprint density at radius 2 is 2.00 bits per heavy atom. The van der Waals surface area contributed by atoms with Gasteiger partial charge in [-0.1, -0.05) is 23.2 Å². The second-order valence-corrected chi connectivity index (χ2v) is 6.28. The predicted molar refractivity (Wildman–Crippen MR) is 78.7 cm³/mol. The number of thiophene rings is 1. The lowest BCUT2D eigenvalue weighted by Crippen LogP contribution is -1.98. The minimum absolute atomic E-state index is 0.151. The Hall–Kier alpha value is -1.29. The number of rotatable bonds is 2. The van der Waals surface area contributed by atoms with Gasteiger partial charge in [-0.05, 0) is 37.3 Å². The molecule has 19 heavy (non-hydrogen) atoms. The second kappa shape index (κ2) is 4.67. The molecule has 0 saturated heterocycles. The molecule has 2 aromatic heterocycles. The first kappa shape index (κ1) is 12.7. The molecule has 1 aromatic carbocycles. The monoisotopic (exact) mass is 310 g/mol. The average molecular weight is 311 g/mol. The third-order valence-electron chi connectivity index (χ3n) is 2.90. The van der Waals surface area contributed by atoms with Crippen LogP contribution in [0.15, 0.2) is 34.7 Å². The number of hydrogen-bond acceptors (Lipinski definition) is 3. The zero-order chi connectivity index (χ0) is 13.6. The third-order valence-corrected chi connectivity index (χ3v) is 4.37. The first-order chi connectivity index (χ1) is 9.06. The van der Waals surface area contributed by atoms with Crippen LogP contribution in [0, 0.1) is 6.92 Å². The number of carbonyl (C=O) groups excluding carboxylic acids is 1. The molecule has 2 heterocycles. The zero-order valence-corrected chi connectivity index (χ0v) is 12.2. The Kier molecular flexibility index (Phi) is 3.13. The van der Waals surface area contributed by atoms with Crippen molar-refractivity contribution < 1.29 is 9.21 Å². The highest BCUT2D eigenvalue weighted by atomic mass is 35.5. The van der Waals surface area contributed by atoms with Gasteiger partial charge in [-0.2, -0.15) is 0 Å². The van der Waals surface area contributed by atoms with Crippen LogP contribution in [0.1, 0.15) is 21.0 Å². The van der Waals surface area contributed by atoms with Crippen LogP contribution in [0.4, 0.5) is 0 Å². The molecule has 0 amide bonds. The lowest BCUT2D eigenvalue weighted by atomic mass is 10.1. The van der Waals surface area contributed by atoms with Crippen molar-refractivity contribution in [3.8, 4) is 0 Å². The Morgan fingerprint density at radius 3 is 2.68 bits per heavy atom. The standard InChI is InChI=1S/C14H8Cl2O2S/c1-7-9-6-8(15)2-3-10(9)18-14(7)13(17)11-4-5-12(16)19-11/h2-6H,1H3. The average Bonchev–Trinajstić information content (AvgIpc) is 2.94. The van der Waals surface area contributed by atoms with E-state index in [4.69, 9.17) is 27.6 Å². The maximum atomic E-state index is 12.4. The number of fused-ring (bicyclic) bond motifs is 1. The van der Waals surface area contributed by atoms with Crippen molar-refractivity contribution in [3.63, 3.8) is 0 Å². The molecular weight excluding hydrogens is 303 g/mol. The molecule has 0 bridgehead atoms. The molecular formula is C14H8Cl2O2S. The van der Waals surface area contributed by atoms with Crippen molar-refractivity contribution in [2.45, 2.75) is 6.92 Å². The predicted octanol–water partition coefficient (Wildman–Crippen LogP) is 5.34. The molecule has 0 fully saturated rings. The van der Waals surface area contributed by atoms with Crippen LogP contribution < -0.4 is 0 Å². The SMILES string of the molecule is Cc1c(C(=O)c2ccc(Cl)s2)oc2ccc(Cl)cc12. The largest absolute Gasteiger partial charge is 0.452 e. The molecule has 0 saturated carbocycles. The molecule has 2 nitrogen and oxygen atoms in total. The van der Waals surface area contributed by atoms with Crippen molar-refractivity contribution in [1.29, 1.82) is 0 Å². The second-order valence-electron chi connectivity index (χ2n) is 4.13. The van der Waals surface area contributed by atoms with Crippen LogP contribution in [0.5, 0.6) is 0 Å². The van der Waals surface area contributed by atoms with Crippen LogP contribution in [-0.2, 0) is 0 Å².